The minimum Gasteiger partial charge on any atom is -0.456 e. The van der Waals surface area contributed by atoms with Gasteiger partial charge in [-0.25, -0.2) is 0 Å². The number of thiophene rings is 1. The Balaban J connectivity index is 1.09. The summed E-state index contributed by atoms with van der Waals surface area (Å²) in [4.78, 5) is 0. The molecule has 2 heterocycles. The molecule has 0 saturated carbocycles. The molecule has 232 valence electrons. The number of hydrogen-bond donors (Lipinski definition) is 0. The Morgan fingerprint density at radius 2 is 0.840 bits per heavy atom. The Labute approximate surface area is 292 Å². The van der Waals surface area contributed by atoms with Crippen LogP contribution in [-0.2, 0) is 0 Å². The maximum absolute atomic E-state index is 6.73. The molecule has 2 aromatic heterocycles. The van der Waals surface area contributed by atoms with Gasteiger partial charge in [0.1, 0.15) is 11.2 Å². The zero-order valence-electron chi connectivity index (χ0n) is 27.0. The summed E-state index contributed by atoms with van der Waals surface area (Å²) in [5, 5.41) is 12.5. The Morgan fingerprint density at radius 3 is 1.54 bits per heavy atom. The molecular weight excluding hydrogens is 625 g/mol. The maximum Gasteiger partial charge on any atom is 0.136 e. The van der Waals surface area contributed by atoms with Gasteiger partial charge in [-0.2, -0.15) is 0 Å². The lowest BCUT2D eigenvalue weighted by molar-refractivity contribution is 0.669. The van der Waals surface area contributed by atoms with Crippen LogP contribution >= 0.6 is 11.3 Å². The molecule has 0 radical (unpaired) electrons. The van der Waals surface area contributed by atoms with Gasteiger partial charge in [-0.15, -0.1) is 11.3 Å². The molecule has 0 fully saturated rings. The van der Waals surface area contributed by atoms with Gasteiger partial charge >= 0.3 is 0 Å². The summed E-state index contributed by atoms with van der Waals surface area (Å²) in [7, 11) is 0. The van der Waals surface area contributed by atoms with Crippen LogP contribution in [0.1, 0.15) is 0 Å². The highest BCUT2D eigenvalue weighted by Gasteiger charge is 2.19. The highest BCUT2D eigenvalue weighted by atomic mass is 32.1. The monoisotopic (exact) mass is 652 g/mol. The van der Waals surface area contributed by atoms with Crippen molar-refractivity contribution in [3.63, 3.8) is 0 Å². The first-order valence-corrected chi connectivity index (χ1v) is 17.9. The minimum atomic E-state index is 0.904. The van der Waals surface area contributed by atoms with Gasteiger partial charge in [-0.3, -0.25) is 0 Å². The van der Waals surface area contributed by atoms with Gasteiger partial charge in [0.05, 0.1) is 0 Å². The molecule has 0 N–H and O–H groups in total. The van der Waals surface area contributed by atoms with E-state index in [1.54, 1.807) is 0 Å². The predicted octanol–water partition coefficient (Wildman–Crippen LogP) is 14.4. The van der Waals surface area contributed by atoms with Gasteiger partial charge in [0.25, 0.3) is 0 Å². The summed E-state index contributed by atoms with van der Waals surface area (Å²) in [5.41, 5.74) is 9.14. The molecule has 0 bridgehead atoms. The fourth-order valence-electron chi connectivity index (χ4n) is 8.21. The van der Waals surface area contributed by atoms with Crippen LogP contribution in [0, 0.1) is 0 Å². The zero-order valence-corrected chi connectivity index (χ0v) is 27.8. The van der Waals surface area contributed by atoms with Crippen LogP contribution in [0.25, 0.3) is 108 Å². The molecule has 0 saturated heterocycles. The van der Waals surface area contributed by atoms with E-state index < -0.39 is 0 Å². The lowest BCUT2D eigenvalue weighted by Gasteiger charge is -2.17. The summed E-state index contributed by atoms with van der Waals surface area (Å²) in [6.45, 7) is 0. The van der Waals surface area contributed by atoms with Crippen molar-refractivity contribution < 1.29 is 4.42 Å². The van der Waals surface area contributed by atoms with Gasteiger partial charge in [-0.1, -0.05) is 146 Å². The molecule has 1 nitrogen and oxygen atoms in total. The van der Waals surface area contributed by atoms with Crippen LogP contribution in [0.5, 0.6) is 0 Å². The fraction of sp³-hybridized carbons (Fsp3) is 0. The second-order valence-electron chi connectivity index (χ2n) is 13.2. The van der Waals surface area contributed by atoms with E-state index in [0.717, 1.165) is 27.5 Å². The highest BCUT2D eigenvalue weighted by molar-refractivity contribution is 7.27. The third kappa shape index (κ3) is 4.00. The molecule has 0 aliphatic heterocycles. The standard InChI is InChI=1S/C48H28OS/c1-2-12-30(13-3-1)45-37-15-6-8-17-39(37)46(40-18-9-7-16-38(40)45)32-23-25-36-35-24-22-31(27-43(35)49-44(36)28-32)34-19-10-20-41-42-26-21-29-11-4-5-14-33(29)47(42)50-48(34)41/h1-28H. The van der Waals surface area contributed by atoms with Crippen molar-refractivity contribution in [2.75, 3.05) is 0 Å². The normalized spacial score (nSPS) is 12.0. The summed E-state index contributed by atoms with van der Waals surface area (Å²) in [5.74, 6) is 0. The molecule has 0 unspecified atom stereocenters. The van der Waals surface area contributed by atoms with E-state index in [1.807, 2.05) is 11.3 Å². The summed E-state index contributed by atoms with van der Waals surface area (Å²) < 4.78 is 9.39. The smallest absolute Gasteiger partial charge is 0.136 e. The second-order valence-corrected chi connectivity index (χ2v) is 14.2. The molecule has 0 atom stereocenters. The molecule has 11 rings (SSSR count). The lowest BCUT2D eigenvalue weighted by atomic mass is 9.86. The average molecular weight is 653 g/mol. The Hall–Kier alpha value is -6.22. The van der Waals surface area contributed by atoms with Gasteiger partial charge in [0.15, 0.2) is 0 Å². The van der Waals surface area contributed by atoms with Crippen LogP contribution in [0.15, 0.2) is 174 Å². The van der Waals surface area contributed by atoms with Crippen molar-refractivity contribution >= 4 is 85.8 Å². The van der Waals surface area contributed by atoms with E-state index in [4.69, 9.17) is 4.42 Å². The van der Waals surface area contributed by atoms with E-state index in [-0.39, 0.29) is 0 Å². The van der Waals surface area contributed by atoms with E-state index in [2.05, 4.69) is 170 Å². The summed E-state index contributed by atoms with van der Waals surface area (Å²) >= 11 is 1.89. The van der Waals surface area contributed by atoms with Crippen molar-refractivity contribution in [1.82, 2.24) is 0 Å². The van der Waals surface area contributed by atoms with Crippen LogP contribution in [0.2, 0.25) is 0 Å². The third-order valence-electron chi connectivity index (χ3n) is 10.5. The number of hydrogen-bond acceptors (Lipinski definition) is 2. The average Bonchev–Trinajstić information content (AvgIpc) is 3.75. The predicted molar refractivity (Wildman–Crippen MR) is 215 cm³/mol. The van der Waals surface area contributed by atoms with Crippen molar-refractivity contribution in [3.05, 3.63) is 170 Å². The molecule has 9 aromatic carbocycles. The van der Waals surface area contributed by atoms with E-state index >= 15 is 0 Å². The molecule has 0 aliphatic carbocycles. The Bertz CT molecular complexity index is 3090. The summed E-state index contributed by atoms with van der Waals surface area (Å²) in [6, 6.07) is 61.8. The third-order valence-corrected chi connectivity index (χ3v) is 11.7. The van der Waals surface area contributed by atoms with E-state index in [1.165, 1.54) is 80.3 Å². The number of fused-ring (bicyclic) bond motifs is 10. The first-order valence-electron chi connectivity index (χ1n) is 17.1. The number of furan rings is 1. The summed E-state index contributed by atoms with van der Waals surface area (Å²) in [6.07, 6.45) is 0. The lowest BCUT2D eigenvalue weighted by Crippen LogP contribution is -1.90. The van der Waals surface area contributed by atoms with Crippen LogP contribution < -0.4 is 0 Å². The van der Waals surface area contributed by atoms with Crippen molar-refractivity contribution in [2.45, 2.75) is 0 Å². The van der Waals surface area contributed by atoms with Gasteiger partial charge in [0, 0.05) is 30.9 Å². The Kier molecular flexibility index (Phi) is 5.89. The molecule has 0 spiro atoms. The molecule has 0 amide bonds. The zero-order chi connectivity index (χ0) is 32.8. The van der Waals surface area contributed by atoms with E-state index in [9.17, 15) is 0 Å². The first-order chi connectivity index (χ1) is 24.8. The number of rotatable bonds is 3. The van der Waals surface area contributed by atoms with Crippen molar-refractivity contribution in [2.24, 2.45) is 0 Å². The molecule has 11 aromatic rings. The molecule has 0 aliphatic rings. The second kappa shape index (κ2) is 10.6. The SMILES string of the molecule is c1ccc(-c2c3ccccc3c(-c3ccc4c(c3)oc3cc(-c5cccc6c5sc5c7ccccc7ccc65)ccc34)c3ccccc23)cc1. The molecule has 2 heteroatoms. The maximum atomic E-state index is 6.73. The van der Waals surface area contributed by atoms with Gasteiger partial charge in [0.2, 0.25) is 0 Å². The van der Waals surface area contributed by atoms with E-state index in [0.29, 0.717) is 0 Å². The van der Waals surface area contributed by atoms with Crippen LogP contribution in [-0.4, -0.2) is 0 Å². The minimum absolute atomic E-state index is 0.904. The first kappa shape index (κ1) is 27.7. The largest absolute Gasteiger partial charge is 0.456 e. The van der Waals surface area contributed by atoms with Crippen molar-refractivity contribution in [3.8, 4) is 33.4 Å². The molecule has 50 heavy (non-hydrogen) atoms. The van der Waals surface area contributed by atoms with Crippen LogP contribution in [0.3, 0.4) is 0 Å². The molecular formula is C48H28OS. The van der Waals surface area contributed by atoms with Gasteiger partial charge < -0.3 is 4.42 Å². The van der Waals surface area contributed by atoms with Crippen molar-refractivity contribution in [1.29, 1.82) is 0 Å². The van der Waals surface area contributed by atoms with Gasteiger partial charge in [-0.05, 0) is 90.0 Å². The highest BCUT2D eigenvalue weighted by Crippen LogP contribution is 2.46. The topological polar surface area (TPSA) is 13.1 Å². The Morgan fingerprint density at radius 1 is 0.320 bits per heavy atom. The fourth-order valence-corrected chi connectivity index (χ4v) is 9.58. The number of benzene rings is 9. The van der Waals surface area contributed by atoms with Crippen LogP contribution in [0.4, 0.5) is 0 Å². The quantitative estimate of drug-likeness (QED) is 0.173.